The quantitative estimate of drug-likeness (QED) is 0.724. The van der Waals surface area contributed by atoms with Crippen LogP contribution in [0.3, 0.4) is 0 Å². The molecular weight excluding hydrogens is 276 g/mol. The lowest BCUT2D eigenvalue weighted by Gasteiger charge is -2.37. The van der Waals surface area contributed by atoms with Crippen LogP contribution in [0.25, 0.3) is 0 Å². The standard InChI is InChI=1S/C15H30N2O2.ClH/c1-4-10-19-15(8-6-5-7-9-15)12-17-14(18)13(2)11-16-3;/h13,16H,4-12H2,1-3H3,(H,17,18);1H. The molecule has 0 saturated heterocycles. The van der Waals surface area contributed by atoms with Crippen LogP contribution in [0.15, 0.2) is 0 Å². The second-order valence-corrected chi connectivity index (χ2v) is 5.77. The lowest BCUT2D eigenvalue weighted by atomic mass is 9.84. The number of nitrogens with one attached hydrogen (secondary N) is 2. The van der Waals surface area contributed by atoms with Crippen LogP contribution in [0.2, 0.25) is 0 Å². The first-order valence-electron chi connectivity index (χ1n) is 7.70. The van der Waals surface area contributed by atoms with Gasteiger partial charge in [0.05, 0.1) is 5.60 Å². The number of rotatable bonds is 8. The molecule has 0 spiro atoms. The van der Waals surface area contributed by atoms with Crippen LogP contribution in [0, 0.1) is 5.92 Å². The average molecular weight is 307 g/mol. The number of halogens is 1. The maximum Gasteiger partial charge on any atom is 0.224 e. The SMILES string of the molecule is CCCOC1(CNC(=O)C(C)CNC)CCCCC1.Cl. The number of hydrogen-bond donors (Lipinski definition) is 2. The average Bonchev–Trinajstić information content (AvgIpc) is 2.44. The zero-order valence-electron chi connectivity index (χ0n) is 13.2. The number of amides is 1. The molecule has 1 saturated carbocycles. The number of ether oxygens (including phenoxy) is 1. The lowest BCUT2D eigenvalue weighted by Crippen LogP contribution is -2.48. The summed E-state index contributed by atoms with van der Waals surface area (Å²) in [4.78, 5) is 12.0. The molecule has 0 aromatic carbocycles. The van der Waals surface area contributed by atoms with Crippen LogP contribution < -0.4 is 10.6 Å². The molecule has 2 N–H and O–H groups in total. The molecule has 1 unspecified atom stereocenters. The lowest BCUT2D eigenvalue weighted by molar-refractivity contribution is -0.127. The molecule has 1 aliphatic rings. The summed E-state index contributed by atoms with van der Waals surface area (Å²) in [6, 6.07) is 0. The highest BCUT2D eigenvalue weighted by Gasteiger charge is 2.33. The molecule has 4 nitrogen and oxygen atoms in total. The summed E-state index contributed by atoms with van der Waals surface area (Å²) in [7, 11) is 1.87. The van der Waals surface area contributed by atoms with Crippen molar-refractivity contribution >= 4 is 18.3 Å². The second kappa shape index (κ2) is 10.4. The smallest absolute Gasteiger partial charge is 0.224 e. The van der Waals surface area contributed by atoms with Gasteiger partial charge >= 0.3 is 0 Å². The highest BCUT2D eigenvalue weighted by molar-refractivity contribution is 5.85. The predicted molar refractivity (Wildman–Crippen MR) is 85.4 cm³/mol. The molecule has 1 fully saturated rings. The summed E-state index contributed by atoms with van der Waals surface area (Å²) < 4.78 is 6.08. The summed E-state index contributed by atoms with van der Waals surface area (Å²) in [5, 5.41) is 6.12. The fraction of sp³-hybridized carbons (Fsp3) is 0.933. The Hall–Kier alpha value is -0.320. The Labute approximate surface area is 129 Å². The summed E-state index contributed by atoms with van der Waals surface area (Å²) in [6.07, 6.45) is 6.91. The number of carbonyl (C=O) groups excluding carboxylic acids is 1. The Bertz CT molecular complexity index is 269. The number of hydrogen-bond acceptors (Lipinski definition) is 3. The van der Waals surface area contributed by atoms with Crippen LogP contribution in [-0.4, -0.2) is 38.3 Å². The van der Waals surface area contributed by atoms with E-state index < -0.39 is 0 Å². The largest absolute Gasteiger partial charge is 0.373 e. The number of carbonyl (C=O) groups is 1. The minimum absolute atomic E-state index is 0. The molecule has 5 heteroatoms. The monoisotopic (exact) mass is 306 g/mol. The Balaban J connectivity index is 0.00000361. The zero-order chi connectivity index (χ0) is 14.1. The van der Waals surface area contributed by atoms with Gasteiger partial charge in [-0.1, -0.05) is 33.1 Å². The first-order valence-corrected chi connectivity index (χ1v) is 7.70. The van der Waals surface area contributed by atoms with Gasteiger partial charge in [-0.15, -0.1) is 12.4 Å². The van der Waals surface area contributed by atoms with E-state index in [1.54, 1.807) is 0 Å². The minimum Gasteiger partial charge on any atom is -0.373 e. The molecule has 120 valence electrons. The Kier molecular flexibility index (Phi) is 10.2. The third-order valence-corrected chi connectivity index (χ3v) is 3.92. The summed E-state index contributed by atoms with van der Waals surface area (Å²) in [5.41, 5.74) is -0.108. The van der Waals surface area contributed by atoms with Crippen LogP contribution in [0.4, 0.5) is 0 Å². The molecule has 0 heterocycles. The van der Waals surface area contributed by atoms with Crippen molar-refractivity contribution in [3.8, 4) is 0 Å². The van der Waals surface area contributed by atoms with Crippen LogP contribution in [-0.2, 0) is 9.53 Å². The predicted octanol–water partition coefficient (Wildman–Crippen LogP) is 2.51. The first-order chi connectivity index (χ1) is 9.13. The second-order valence-electron chi connectivity index (χ2n) is 5.77. The van der Waals surface area contributed by atoms with Gasteiger partial charge in [-0.3, -0.25) is 4.79 Å². The maximum atomic E-state index is 12.0. The fourth-order valence-corrected chi connectivity index (χ4v) is 2.71. The van der Waals surface area contributed by atoms with Gasteiger partial charge in [0.25, 0.3) is 0 Å². The van der Waals surface area contributed by atoms with Gasteiger partial charge in [0, 0.05) is 25.6 Å². The molecule has 0 aromatic rings. The molecular formula is C15H31ClN2O2. The van der Waals surface area contributed by atoms with E-state index in [0.717, 1.165) is 25.9 Å². The van der Waals surface area contributed by atoms with Crippen LogP contribution in [0.1, 0.15) is 52.4 Å². The molecule has 20 heavy (non-hydrogen) atoms. The van der Waals surface area contributed by atoms with E-state index >= 15 is 0 Å². The van der Waals surface area contributed by atoms with Gasteiger partial charge in [-0.25, -0.2) is 0 Å². The van der Waals surface area contributed by atoms with Crippen molar-refractivity contribution in [1.29, 1.82) is 0 Å². The normalized spacial score (nSPS) is 18.9. The molecule has 0 aliphatic heterocycles. The van der Waals surface area contributed by atoms with Crippen molar-refractivity contribution < 1.29 is 9.53 Å². The topological polar surface area (TPSA) is 50.4 Å². The Morgan fingerprint density at radius 2 is 1.95 bits per heavy atom. The van der Waals surface area contributed by atoms with Gasteiger partial charge in [0.1, 0.15) is 0 Å². The van der Waals surface area contributed by atoms with E-state index in [0.29, 0.717) is 13.1 Å². The van der Waals surface area contributed by atoms with E-state index in [-0.39, 0.29) is 29.8 Å². The third-order valence-electron chi connectivity index (χ3n) is 3.92. The Morgan fingerprint density at radius 1 is 1.30 bits per heavy atom. The Morgan fingerprint density at radius 3 is 2.50 bits per heavy atom. The van der Waals surface area contributed by atoms with Gasteiger partial charge in [-0.05, 0) is 26.3 Å². The van der Waals surface area contributed by atoms with Crippen molar-refractivity contribution in [2.24, 2.45) is 5.92 Å². The van der Waals surface area contributed by atoms with Crippen molar-refractivity contribution in [2.75, 3.05) is 26.7 Å². The summed E-state index contributed by atoms with van der Waals surface area (Å²) in [5.74, 6) is 0.135. The minimum atomic E-state index is -0.108. The van der Waals surface area contributed by atoms with Gasteiger partial charge in [0.15, 0.2) is 0 Å². The third kappa shape index (κ3) is 6.42. The molecule has 0 aromatic heterocycles. The molecule has 1 rings (SSSR count). The van der Waals surface area contributed by atoms with Crippen molar-refractivity contribution in [3.05, 3.63) is 0 Å². The first kappa shape index (κ1) is 19.7. The van der Waals surface area contributed by atoms with E-state index in [9.17, 15) is 4.79 Å². The highest BCUT2D eigenvalue weighted by atomic mass is 35.5. The van der Waals surface area contributed by atoms with Gasteiger partial charge in [0.2, 0.25) is 5.91 Å². The van der Waals surface area contributed by atoms with E-state index in [2.05, 4.69) is 17.6 Å². The van der Waals surface area contributed by atoms with Crippen LogP contribution in [0.5, 0.6) is 0 Å². The fourth-order valence-electron chi connectivity index (χ4n) is 2.71. The van der Waals surface area contributed by atoms with Crippen molar-refractivity contribution in [2.45, 2.75) is 58.0 Å². The molecule has 1 atom stereocenters. The highest BCUT2D eigenvalue weighted by Crippen LogP contribution is 2.31. The van der Waals surface area contributed by atoms with Crippen molar-refractivity contribution in [3.63, 3.8) is 0 Å². The van der Waals surface area contributed by atoms with E-state index in [1.807, 2.05) is 14.0 Å². The molecule has 0 radical (unpaired) electrons. The summed E-state index contributed by atoms with van der Waals surface area (Å²) in [6.45, 7) is 6.26. The van der Waals surface area contributed by atoms with Gasteiger partial charge < -0.3 is 15.4 Å². The molecule has 1 aliphatic carbocycles. The van der Waals surface area contributed by atoms with Crippen molar-refractivity contribution in [1.82, 2.24) is 10.6 Å². The summed E-state index contributed by atoms with van der Waals surface area (Å²) >= 11 is 0. The maximum absolute atomic E-state index is 12.0. The molecule has 1 amide bonds. The van der Waals surface area contributed by atoms with Gasteiger partial charge in [-0.2, -0.15) is 0 Å². The molecule has 0 bridgehead atoms. The van der Waals surface area contributed by atoms with E-state index in [1.165, 1.54) is 19.3 Å². The zero-order valence-corrected chi connectivity index (χ0v) is 14.0. The van der Waals surface area contributed by atoms with Crippen LogP contribution >= 0.6 is 12.4 Å². The van der Waals surface area contributed by atoms with E-state index in [4.69, 9.17) is 4.74 Å².